The smallest absolute Gasteiger partial charge is 0.345 e. The summed E-state index contributed by atoms with van der Waals surface area (Å²) in [5.74, 6) is -1.57. The Morgan fingerprint density at radius 1 is 1.21 bits per heavy atom. The van der Waals surface area contributed by atoms with Gasteiger partial charge in [0, 0.05) is 17.1 Å². The fraction of sp³-hybridized carbons (Fsp3) is 0.500. The Hall–Kier alpha value is -1.88. The van der Waals surface area contributed by atoms with Crippen molar-refractivity contribution in [3.63, 3.8) is 0 Å². The maximum Gasteiger partial charge on any atom is 0.345 e. The molecule has 0 N–H and O–H groups in total. The summed E-state index contributed by atoms with van der Waals surface area (Å²) in [6.07, 6.45) is 3.19. The fourth-order valence-corrected chi connectivity index (χ4v) is 2.42. The number of carbonyl (C=O) groups is 2. The van der Waals surface area contributed by atoms with Crippen LogP contribution in [0.4, 0.5) is 0 Å². The molecular formula is C18H24ClNO4. The van der Waals surface area contributed by atoms with Crippen LogP contribution in [0.1, 0.15) is 44.9 Å². The standard InChI is InChI=1S/C18H24ClNO4/c1-6-23-17(21)14(18(22)24-7-2)10-13(11(3)4)16-12(5)15(19)8-9-20-16/h8-11,13H,6-7H2,1-5H3. The molecule has 0 saturated carbocycles. The third kappa shape index (κ3) is 5.06. The SMILES string of the molecule is CCOC(=O)C(=CC(c1nccc(Cl)c1C)C(C)C)C(=O)OCC. The number of hydrogen-bond donors (Lipinski definition) is 0. The lowest BCUT2D eigenvalue weighted by atomic mass is 9.88. The van der Waals surface area contributed by atoms with Gasteiger partial charge in [-0.2, -0.15) is 0 Å². The van der Waals surface area contributed by atoms with Crippen LogP contribution in [0.5, 0.6) is 0 Å². The van der Waals surface area contributed by atoms with Gasteiger partial charge in [0.1, 0.15) is 5.57 Å². The number of esters is 2. The van der Waals surface area contributed by atoms with E-state index in [2.05, 4.69) is 4.98 Å². The predicted molar refractivity (Wildman–Crippen MR) is 92.9 cm³/mol. The van der Waals surface area contributed by atoms with Crippen LogP contribution >= 0.6 is 11.6 Å². The van der Waals surface area contributed by atoms with E-state index in [-0.39, 0.29) is 30.6 Å². The molecule has 0 aliphatic carbocycles. The highest BCUT2D eigenvalue weighted by Crippen LogP contribution is 2.31. The third-order valence-electron chi connectivity index (χ3n) is 3.55. The Balaban J connectivity index is 3.38. The molecule has 0 fully saturated rings. The van der Waals surface area contributed by atoms with Crippen LogP contribution in [-0.2, 0) is 19.1 Å². The van der Waals surface area contributed by atoms with Crippen molar-refractivity contribution in [2.24, 2.45) is 5.92 Å². The number of hydrogen-bond acceptors (Lipinski definition) is 5. The monoisotopic (exact) mass is 353 g/mol. The number of aromatic nitrogens is 1. The lowest BCUT2D eigenvalue weighted by Gasteiger charge is -2.20. The molecule has 6 heteroatoms. The molecule has 0 aliphatic heterocycles. The van der Waals surface area contributed by atoms with E-state index in [1.54, 1.807) is 32.2 Å². The normalized spacial score (nSPS) is 11.8. The number of halogens is 1. The van der Waals surface area contributed by atoms with Crippen LogP contribution in [0, 0.1) is 12.8 Å². The van der Waals surface area contributed by atoms with Crippen molar-refractivity contribution in [2.75, 3.05) is 13.2 Å². The first-order valence-electron chi connectivity index (χ1n) is 8.00. The second-order valence-electron chi connectivity index (χ2n) is 5.59. The van der Waals surface area contributed by atoms with E-state index in [0.29, 0.717) is 5.02 Å². The van der Waals surface area contributed by atoms with E-state index >= 15 is 0 Å². The van der Waals surface area contributed by atoms with E-state index in [4.69, 9.17) is 21.1 Å². The molecule has 0 saturated heterocycles. The van der Waals surface area contributed by atoms with Gasteiger partial charge < -0.3 is 9.47 Å². The van der Waals surface area contributed by atoms with E-state index in [1.165, 1.54) is 0 Å². The molecule has 1 aromatic rings. The Morgan fingerprint density at radius 2 is 1.75 bits per heavy atom. The second-order valence-corrected chi connectivity index (χ2v) is 6.00. The van der Waals surface area contributed by atoms with Crippen LogP contribution in [0.15, 0.2) is 23.9 Å². The summed E-state index contributed by atoms with van der Waals surface area (Å²) in [7, 11) is 0. The second kappa shape index (κ2) is 9.42. The summed E-state index contributed by atoms with van der Waals surface area (Å²) in [6, 6.07) is 1.71. The van der Waals surface area contributed by atoms with Gasteiger partial charge in [0.05, 0.1) is 18.9 Å². The molecule has 24 heavy (non-hydrogen) atoms. The Labute approximate surface area is 148 Å². The van der Waals surface area contributed by atoms with Crippen molar-refractivity contribution in [1.29, 1.82) is 0 Å². The number of ether oxygens (including phenoxy) is 2. The lowest BCUT2D eigenvalue weighted by molar-refractivity contribution is -0.146. The molecule has 1 aromatic heterocycles. The molecular weight excluding hydrogens is 330 g/mol. The van der Waals surface area contributed by atoms with Crippen LogP contribution in [0.3, 0.4) is 0 Å². The van der Waals surface area contributed by atoms with Crippen LogP contribution in [0.2, 0.25) is 5.02 Å². The molecule has 0 spiro atoms. The molecule has 1 atom stereocenters. The van der Waals surface area contributed by atoms with E-state index in [1.807, 2.05) is 20.8 Å². The maximum absolute atomic E-state index is 12.2. The number of allylic oxidation sites excluding steroid dienone is 1. The van der Waals surface area contributed by atoms with Crippen LogP contribution < -0.4 is 0 Å². The molecule has 1 rings (SSSR count). The Kier molecular flexibility index (Phi) is 7.92. The highest BCUT2D eigenvalue weighted by molar-refractivity contribution is 6.31. The highest BCUT2D eigenvalue weighted by Gasteiger charge is 2.26. The first-order chi connectivity index (χ1) is 11.3. The zero-order valence-electron chi connectivity index (χ0n) is 14.8. The Morgan fingerprint density at radius 3 is 2.21 bits per heavy atom. The summed E-state index contributed by atoms with van der Waals surface area (Å²) in [5, 5.41) is 0.591. The topological polar surface area (TPSA) is 65.5 Å². The molecule has 1 unspecified atom stereocenters. The average Bonchev–Trinajstić information content (AvgIpc) is 2.51. The van der Waals surface area contributed by atoms with Gasteiger partial charge in [-0.1, -0.05) is 31.5 Å². The molecule has 0 amide bonds. The predicted octanol–water partition coefficient (Wildman–Crippen LogP) is 3.84. The zero-order chi connectivity index (χ0) is 18.3. The quantitative estimate of drug-likeness (QED) is 0.322. The van der Waals surface area contributed by atoms with Crippen LogP contribution in [-0.4, -0.2) is 30.1 Å². The average molecular weight is 354 g/mol. The molecule has 1 heterocycles. The lowest BCUT2D eigenvalue weighted by Crippen LogP contribution is -2.21. The minimum Gasteiger partial charge on any atom is -0.462 e. The minimum atomic E-state index is -0.693. The maximum atomic E-state index is 12.2. The first kappa shape index (κ1) is 20.2. The zero-order valence-corrected chi connectivity index (χ0v) is 15.5. The van der Waals surface area contributed by atoms with Gasteiger partial charge in [0.15, 0.2) is 0 Å². The first-order valence-corrected chi connectivity index (χ1v) is 8.38. The van der Waals surface area contributed by atoms with Crippen LogP contribution in [0.25, 0.3) is 0 Å². The summed E-state index contributed by atoms with van der Waals surface area (Å²) in [6.45, 7) is 9.55. The van der Waals surface area contributed by atoms with Crippen molar-refractivity contribution in [1.82, 2.24) is 4.98 Å². The van der Waals surface area contributed by atoms with Crippen molar-refractivity contribution in [3.05, 3.63) is 40.2 Å². The van der Waals surface area contributed by atoms with E-state index in [0.717, 1.165) is 11.3 Å². The van der Waals surface area contributed by atoms with Crippen molar-refractivity contribution in [3.8, 4) is 0 Å². The Bertz CT molecular complexity index is 605. The van der Waals surface area contributed by atoms with Gasteiger partial charge in [-0.05, 0) is 38.3 Å². The molecule has 0 aliphatic rings. The molecule has 5 nitrogen and oxygen atoms in total. The number of pyridine rings is 1. The van der Waals surface area contributed by atoms with Crippen molar-refractivity contribution < 1.29 is 19.1 Å². The number of carbonyl (C=O) groups excluding carboxylic acids is 2. The number of nitrogens with zero attached hydrogens (tertiary/aromatic N) is 1. The molecule has 132 valence electrons. The third-order valence-corrected chi connectivity index (χ3v) is 3.96. The summed E-state index contributed by atoms with van der Waals surface area (Å²) in [4.78, 5) is 28.7. The van der Waals surface area contributed by atoms with Gasteiger partial charge in [-0.3, -0.25) is 4.98 Å². The molecule has 0 aromatic carbocycles. The van der Waals surface area contributed by atoms with Crippen molar-refractivity contribution >= 4 is 23.5 Å². The fourth-order valence-electron chi connectivity index (χ4n) is 2.27. The molecule has 0 bridgehead atoms. The summed E-state index contributed by atoms with van der Waals surface area (Å²) < 4.78 is 9.97. The van der Waals surface area contributed by atoms with Crippen molar-refractivity contribution in [2.45, 2.75) is 40.5 Å². The van der Waals surface area contributed by atoms with Gasteiger partial charge >= 0.3 is 11.9 Å². The minimum absolute atomic E-state index is 0.0912. The highest BCUT2D eigenvalue weighted by atomic mass is 35.5. The van der Waals surface area contributed by atoms with Gasteiger partial charge in [0.25, 0.3) is 0 Å². The summed E-state index contributed by atoms with van der Waals surface area (Å²) >= 11 is 6.18. The number of rotatable bonds is 7. The van der Waals surface area contributed by atoms with Gasteiger partial charge in [0.2, 0.25) is 0 Å². The van der Waals surface area contributed by atoms with E-state index < -0.39 is 11.9 Å². The largest absolute Gasteiger partial charge is 0.462 e. The molecule has 0 radical (unpaired) electrons. The summed E-state index contributed by atoms with van der Waals surface area (Å²) in [5.41, 5.74) is 1.43. The van der Waals surface area contributed by atoms with Gasteiger partial charge in [-0.25, -0.2) is 9.59 Å². The van der Waals surface area contributed by atoms with Gasteiger partial charge in [-0.15, -0.1) is 0 Å². The van der Waals surface area contributed by atoms with E-state index in [9.17, 15) is 9.59 Å².